The number of nitrogens with zero attached hydrogens (tertiary/aromatic N) is 2. The number of nitrogens with two attached hydrogens (primary N) is 1. The summed E-state index contributed by atoms with van der Waals surface area (Å²) in [4.78, 5) is 8.60. The Bertz CT molecular complexity index is 480. The predicted octanol–water partition coefficient (Wildman–Crippen LogP) is 2.94. The van der Waals surface area contributed by atoms with Crippen molar-refractivity contribution in [2.45, 2.75) is 32.6 Å². The van der Waals surface area contributed by atoms with Crippen molar-refractivity contribution in [3.8, 4) is 0 Å². The van der Waals surface area contributed by atoms with Gasteiger partial charge in [-0.25, -0.2) is 9.97 Å². The zero-order valence-electron chi connectivity index (χ0n) is 9.61. The smallest absolute Gasteiger partial charge is 0.116 e. The zero-order valence-corrected chi connectivity index (χ0v) is 9.61. The van der Waals surface area contributed by atoms with Gasteiger partial charge in [0, 0.05) is 11.1 Å². The number of aryl methyl sites for hydroxylation is 1. The molecule has 0 radical (unpaired) electrons. The van der Waals surface area contributed by atoms with Crippen molar-refractivity contribution < 1.29 is 0 Å². The topological polar surface area (TPSA) is 51.8 Å². The molecule has 0 fully saturated rings. The highest BCUT2D eigenvalue weighted by Gasteiger charge is 2.03. The Balaban J connectivity index is 2.32. The van der Waals surface area contributed by atoms with E-state index in [4.69, 9.17) is 5.73 Å². The van der Waals surface area contributed by atoms with E-state index in [2.05, 4.69) is 16.9 Å². The molecule has 0 spiro atoms. The molecule has 16 heavy (non-hydrogen) atoms. The minimum absolute atomic E-state index is 0.777. The maximum Gasteiger partial charge on any atom is 0.116 e. The van der Waals surface area contributed by atoms with Crippen LogP contribution in [0.25, 0.3) is 10.9 Å². The van der Waals surface area contributed by atoms with Gasteiger partial charge in [0.25, 0.3) is 0 Å². The fourth-order valence-electron chi connectivity index (χ4n) is 1.87. The summed E-state index contributed by atoms with van der Waals surface area (Å²) in [7, 11) is 0. The third-order valence-electron chi connectivity index (χ3n) is 2.76. The van der Waals surface area contributed by atoms with Gasteiger partial charge < -0.3 is 5.73 Å². The number of anilines is 1. The second kappa shape index (κ2) is 4.92. The summed E-state index contributed by atoms with van der Waals surface area (Å²) >= 11 is 0. The number of benzene rings is 1. The molecule has 1 heterocycles. The molecule has 0 aliphatic carbocycles. The van der Waals surface area contributed by atoms with Crippen molar-refractivity contribution in [2.75, 3.05) is 5.73 Å². The van der Waals surface area contributed by atoms with E-state index in [9.17, 15) is 0 Å². The summed E-state index contributed by atoms with van der Waals surface area (Å²) in [5, 5.41) is 1.10. The fourth-order valence-corrected chi connectivity index (χ4v) is 1.87. The number of aromatic nitrogens is 2. The van der Waals surface area contributed by atoms with Gasteiger partial charge in [0.1, 0.15) is 6.33 Å². The molecule has 84 valence electrons. The van der Waals surface area contributed by atoms with E-state index in [0.29, 0.717) is 0 Å². The van der Waals surface area contributed by atoms with Gasteiger partial charge in [0.2, 0.25) is 0 Å². The van der Waals surface area contributed by atoms with Gasteiger partial charge in [-0.3, -0.25) is 0 Å². The quantitative estimate of drug-likeness (QED) is 0.630. The minimum atomic E-state index is 0.777. The van der Waals surface area contributed by atoms with Crippen LogP contribution in [0.3, 0.4) is 0 Å². The molecule has 0 amide bonds. The van der Waals surface area contributed by atoms with Gasteiger partial charge in [0.15, 0.2) is 0 Å². The summed E-state index contributed by atoms with van der Waals surface area (Å²) < 4.78 is 0. The molecule has 0 unspecified atom stereocenters. The first-order valence-corrected chi connectivity index (χ1v) is 5.80. The molecular weight excluding hydrogens is 198 g/mol. The first-order valence-electron chi connectivity index (χ1n) is 5.80. The maximum atomic E-state index is 5.79. The predicted molar refractivity (Wildman–Crippen MR) is 67.2 cm³/mol. The summed E-state index contributed by atoms with van der Waals surface area (Å²) in [6.45, 7) is 2.20. The van der Waals surface area contributed by atoms with E-state index < -0.39 is 0 Å². The van der Waals surface area contributed by atoms with E-state index in [-0.39, 0.29) is 0 Å². The molecule has 1 aromatic heterocycles. The standard InChI is InChI=1S/C13H17N3/c1-2-3-4-5-12-11-8-10(14)6-7-13(11)16-9-15-12/h6-9H,2-5,14H2,1H3. The SMILES string of the molecule is CCCCCc1ncnc2ccc(N)cc12. The summed E-state index contributed by atoms with van der Waals surface area (Å²) in [6, 6.07) is 5.80. The summed E-state index contributed by atoms with van der Waals surface area (Å²) in [5.74, 6) is 0. The lowest BCUT2D eigenvalue weighted by Crippen LogP contribution is -1.95. The normalized spacial score (nSPS) is 10.8. The van der Waals surface area contributed by atoms with Crippen LogP contribution in [0.2, 0.25) is 0 Å². The molecule has 3 nitrogen and oxygen atoms in total. The Morgan fingerprint density at radius 2 is 2.06 bits per heavy atom. The molecule has 2 rings (SSSR count). The van der Waals surface area contributed by atoms with E-state index >= 15 is 0 Å². The second-order valence-electron chi connectivity index (χ2n) is 4.05. The van der Waals surface area contributed by atoms with Crippen molar-refractivity contribution in [3.63, 3.8) is 0 Å². The Kier molecular flexibility index (Phi) is 3.34. The van der Waals surface area contributed by atoms with Gasteiger partial charge in [-0.05, 0) is 31.0 Å². The van der Waals surface area contributed by atoms with Crippen molar-refractivity contribution >= 4 is 16.6 Å². The lowest BCUT2D eigenvalue weighted by Gasteiger charge is -2.05. The average molecular weight is 215 g/mol. The third kappa shape index (κ3) is 2.30. The molecule has 0 saturated heterocycles. The molecule has 2 aromatic rings. The summed E-state index contributed by atoms with van der Waals surface area (Å²) in [5.41, 5.74) is 8.67. The van der Waals surface area contributed by atoms with E-state index in [1.165, 1.54) is 19.3 Å². The number of hydrogen-bond donors (Lipinski definition) is 1. The molecule has 0 aliphatic heterocycles. The monoisotopic (exact) mass is 215 g/mol. The summed E-state index contributed by atoms with van der Waals surface area (Å²) in [6.07, 6.45) is 6.30. The number of hydrogen-bond acceptors (Lipinski definition) is 3. The van der Waals surface area contributed by atoms with Gasteiger partial charge in [-0.15, -0.1) is 0 Å². The molecule has 0 atom stereocenters. The number of nitrogen functional groups attached to an aromatic ring is 1. The van der Waals surface area contributed by atoms with Gasteiger partial charge in [-0.2, -0.15) is 0 Å². The van der Waals surface area contributed by atoms with Crippen LogP contribution < -0.4 is 5.73 Å². The Hall–Kier alpha value is -1.64. The Labute approximate surface area is 95.7 Å². The van der Waals surface area contributed by atoms with Crippen molar-refractivity contribution in [2.24, 2.45) is 0 Å². The molecule has 0 bridgehead atoms. The number of fused-ring (bicyclic) bond motifs is 1. The average Bonchev–Trinajstić information content (AvgIpc) is 2.30. The van der Waals surface area contributed by atoms with Crippen molar-refractivity contribution in [3.05, 3.63) is 30.2 Å². The van der Waals surface area contributed by atoms with Crippen LogP contribution in [0.4, 0.5) is 5.69 Å². The highest BCUT2D eigenvalue weighted by Crippen LogP contribution is 2.19. The van der Waals surface area contributed by atoms with Crippen LogP contribution in [0.5, 0.6) is 0 Å². The second-order valence-corrected chi connectivity index (χ2v) is 4.05. The minimum Gasteiger partial charge on any atom is -0.399 e. The van der Waals surface area contributed by atoms with E-state index in [1.807, 2.05) is 18.2 Å². The lowest BCUT2D eigenvalue weighted by molar-refractivity contribution is 0.709. The first kappa shape index (κ1) is 10.9. The van der Waals surface area contributed by atoms with Crippen LogP contribution in [0, 0.1) is 0 Å². The zero-order chi connectivity index (χ0) is 11.4. The Morgan fingerprint density at radius 3 is 2.88 bits per heavy atom. The molecule has 1 aromatic carbocycles. The molecular formula is C13H17N3. The molecule has 0 aliphatic rings. The maximum absolute atomic E-state index is 5.79. The molecule has 3 heteroatoms. The molecule has 0 saturated carbocycles. The van der Waals surface area contributed by atoms with Gasteiger partial charge in [0.05, 0.1) is 11.2 Å². The first-order chi connectivity index (χ1) is 7.81. The van der Waals surface area contributed by atoms with E-state index in [1.54, 1.807) is 6.33 Å². The van der Waals surface area contributed by atoms with Gasteiger partial charge in [-0.1, -0.05) is 19.8 Å². The van der Waals surface area contributed by atoms with Crippen molar-refractivity contribution in [1.82, 2.24) is 9.97 Å². The van der Waals surface area contributed by atoms with Crippen LogP contribution in [0.15, 0.2) is 24.5 Å². The van der Waals surface area contributed by atoms with Gasteiger partial charge >= 0.3 is 0 Å². The fraction of sp³-hybridized carbons (Fsp3) is 0.385. The lowest BCUT2D eigenvalue weighted by atomic mass is 10.1. The highest BCUT2D eigenvalue weighted by atomic mass is 14.8. The van der Waals surface area contributed by atoms with Crippen molar-refractivity contribution in [1.29, 1.82) is 0 Å². The van der Waals surface area contributed by atoms with Crippen LogP contribution >= 0.6 is 0 Å². The number of unbranched alkanes of at least 4 members (excludes halogenated alkanes) is 2. The third-order valence-corrected chi connectivity index (χ3v) is 2.76. The largest absolute Gasteiger partial charge is 0.399 e. The van der Waals surface area contributed by atoms with Crippen LogP contribution in [-0.4, -0.2) is 9.97 Å². The Morgan fingerprint density at radius 1 is 1.19 bits per heavy atom. The van der Waals surface area contributed by atoms with Crippen LogP contribution in [-0.2, 0) is 6.42 Å². The number of rotatable bonds is 4. The molecule has 2 N–H and O–H groups in total. The highest BCUT2D eigenvalue weighted by molar-refractivity contribution is 5.83. The van der Waals surface area contributed by atoms with E-state index in [0.717, 1.165) is 28.7 Å². The van der Waals surface area contributed by atoms with Crippen LogP contribution in [0.1, 0.15) is 31.9 Å².